The minimum absolute atomic E-state index is 0.0562. The molecule has 0 atom stereocenters. The van der Waals surface area contributed by atoms with E-state index >= 15 is 0 Å². The molecule has 4 aliphatic carbocycles. The van der Waals surface area contributed by atoms with Crippen LogP contribution in [-0.4, -0.2) is 16.2 Å². The molecule has 0 amide bonds. The summed E-state index contributed by atoms with van der Waals surface area (Å²) in [6.45, 7) is 0. The molecule has 0 saturated heterocycles. The van der Waals surface area contributed by atoms with Crippen LogP contribution in [0, 0.1) is 17.8 Å². The second kappa shape index (κ2) is 3.84. The SMILES string of the molecule is O=C(O)Cc1cc(C23CC4CC(CC(C4)C2)C3)no1. The minimum atomic E-state index is -0.854. The predicted octanol–water partition coefficient (Wildman–Crippen LogP) is 2.77. The Kier molecular flexibility index (Phi) is 2.32. The fourth-order valence-electron chi connectivity index (χ4n) is 5.22. The molecule has 4 nitrogen and oxygen atoms in total. The predicted molar refractivity (Wildman–Crippen MR) is 67.7 cm³/mol. The van der Waals surface area contributed by atoms with Crippen LogP contribution in [-0.2, 0) is 16.6 Å². The van der Waals surface area contributed by atoms with Crippen LogP contribution in [0.15, 0.2) is 10.6 Å². The molecule has 102 valence electrons. The Bertz CT molecular complexity index is 484. The summed E-state index contributed by atoms with van der Waals surface area (Å²) in [7, 11) is 0. The van der Waals surface area contributed by atoms with Crippen LogP contribution in [0.2, 0.25) is 0 Å². The summed E-state index contributed by atoms with van der Waals surface area (Å²) in [5, 5.41) is 13.0. The second-order valence-corrected chi connectivity index (χ2v) is 6.95. The van der Waals surface area contributed by atoms with E-state index in [4.69, 9.17) is 9.63 Å². The van der Waals surface area contributed by atoms with Crippen LogP contribution < -0.4 is 0 Å². The van der Waals surface area contributed by atoms with Gasteiger partial charge < -0.3 is 9.63 Å². The molecule has 4 aliphatic rings. The molecule has 0 aromatic carbocycles. The van der Waals surface area contributed by atoms with E-state index in [1.807, 2.05) is 6.07 Å². The average molecular weight is 261 g/mol. The summed E-state index contributed by atoms with van der Waals surface area (Å²) in [4.78, 5) is 10.7. The zero-order valence-electron chi connectivity index (χ0n) is 11.0. The van der Waals surface area contributed by atoms with Gasteiger partial charge in [0.25, 0.3) is 0 Å². The van der Waals surface area contributed by atoms with Gasteiger partial charge >= 0.3 is 5.97 Å². The largest absolute Gasteiger partial charge is 0.481 e. The maximum atomic E-state index is 10.7. The fourth-order valence-corrected chi connectivity index (χ4v) is 5.22. The maximum Gasteiger partial charge on any atom is 0.311 e. The van der Waals surface area contributed by atoms with Gasteiger partial charge in [0.1, 0.15) is 12.2 Å². The molecular formula is C15H19NO3. The molecule has 1 heterocycles. The molecule has 5 rings (SSSR count). The third-order valence-corrected chi connectivity index (χ3v) is 5.47. The summed E-state index contributed by atoms with van der Waals surface area (Å²) in [5.74, 6) is 2.24. The highest BCUT2D eigenvalue weighted by atomic mass is 16.5. The van der Waals surface area contributed by atoms with Crippen LogP contribution in [0.4, 0.5) is 0 Å². The Morgan fingerprint density at radius 1 is 1.26 bits per heavy atom. The Balaban J connectivity index is 1.64. The average Bonchev–Trinajstić information content (AvgIpc) is 2.75. The number of hydrogen-bond acceptors (Lipinski definition) is 3. The lowest BCUT2D eigenvalue weighted by atomic mass is 9.49. The van der Waals surface area contributed by atoms with Gasteiger partial charge in [-0.05, 0) is 56.3 Å². The molecule has 19 heavy (non-hydrogen) atoms. The molecule has 0 unspecified atom stereocenters. The molecular weight excluding hydrogens is 242 g/mol. The first kappa shape index (κ1) is 11.5. The number of aliphatic carboxylic acids is 1. The van der Waals surface area contributed by atoms with E-state index in [9.17, 15) is 4.79 Å². The van der Waals surface area contributed by atoms with E-state index in [1.165, 1.54) is 38.5 Å². The van der Waals surface area contributed by atoms with Gasteiger partial charge in [0.2, 0.25) is 0 Å². The van der Waals surface area contributed by atoms with Gasteiger partial charge in [0, 0.05) is 11.5 Å². The third kappa shape index (κ3) is 1.80. The van der Waals surface area contributed by atoms with Crippen LogP contribution >= 0.6 is 0 Å². The third-order valence-electron chi connectivity index (χ3n) is 5.47. The summed E-state index contributed by atoms with van der Waals surface area (Å²) in [6, 6.07) is 1.90. The van der Waals surface area contributed by atoms with Gasteiger partial charge in [0.15, 0.2) is 0 Å². The highest BCUT2D eigenvalue weighted by Gasteiger charge is 2.52. The van der Waals surface area contributed by atoms with E-state index in [0.29, 0.717) is 5.76 Å². The lowest BCUT2D eigenvalue weighted by molar-refractivity contribution is -0.136. The van der Waals surface area contributed by atoms with Crippen molar-refractivity contribution < 1.29 is 14.4 Å². The zero-order chi connectivity index (χ0) is 13.0. The summed E-state index contributed by atoms with van der Waals surface area (Å²) < 4.78 is 5.23. The van der Waals surface area contributed by atoms with E-state index < -0.39 is 5.97 Å². The van der Waals surface area contributed by atoms with Gasteiger partial charge in [-0.15, -0.1) is 0 Å². The fraction of sp³-hybridized carbons (Fsp3) is 0.733. The number of rotatable bonds is 3. The standard InChI is InChI=1S/C15H19NO3/c17-14(18)5-12-4-13(16-19-12)15-6-9-1-10(7-15)3-11(2-9)8-15/h4,9-11H,1-3,5-8H2,(H,17,18). The lowest BCUT2D eigenvalue weighted by Gasteiger charge is -2.56. The second-order valence-electron chi connectivity index (χ2n) is 6.95. The topological polar surface area (TPSA) is 63.3 Å². The first-order chi connectivity index (χ1) is 9.13. The quantitative estimate of drug-likeness (QED) is 0.908. The molecule has 4 heteroatoms. The van der Waals surface area contributed by atoms with Gasteiger partial charge in [-0.2, -0.15) is 0 Å². The van der Waals surface area contributed by atoms with Crippen molar-refractivity contribution >= 4 is 5.97 Å². The van der Waals surface area contributed by atoms with Crippen molar-refractivity contribution in [2.45, 2.75) is 50.4 Å². The first-order valence-electron chi connectivity index (χ1n) is 7.31. The van der Waals surface area contributed by atoms with Crippen LogP contribution in [0.1, 0.15) is 50.0 Å². The zero-order valence-corrected chi connectivity index (χ0v) is 11.0. The van der Waals surface area contributed by atoms with Crippen LogP contribution in [0.3, 0.4) is 0 Å². The number of hydrogen-bond donors (Lipinski definition) is 1. The van der Waals surface area contributed by atoms with E-state index in [2.05, 4.69) is 5.16 Å². The highest BCUT2D eigenvalue weighted by molar-refractivity contribution is 5.69. The smallest absolute Gasteiger partial charge is 0.311 e. The minimum Gasteiger partial charge on any atom is -0.481 e. The monoisotopic (exact) mass is 261 g/mol. The maximum absolute atomic E-state index is 10.7. The first-order valence-corrected chi connectivity index (χ1v) is 7.31. The molecule has 0 aliphatic heterocycles. The van der Waals surface area contributed by atoms with Crippen molar-refractivity contribution in [1.82, 2.24) is 5.16 Å². The number of nitrogens with zero attached hydrogens (tertiary/aromatic N) is 1. The van der Waals surface area contributed by atoms with Crippen molar-refractivity contribution in [2.75, 3.05) is 0 Å². The van der Waals surface area contributed by atoms with E-state index in [1.54, 1.807) is 0 Å². The summed E-state index contributed by atoms with van der Waals surface area (Å²) >= 11 is 0. The number of aromatic nitrogens is 1. The van der Waals surface area contributed by atoms with Crippen molar-refractivity contribution in [2.24, 2.45) is 17.8 Å². The normalized spacial score (nSPS) is 39.7. The van der Waals surface area contributed by atoms with Crippen molar-refractivity contribution in [1.29, 1.82) is 0 Å². The molecule has 4 fully saturated rings. The highest BCUT2D eigenvalue weighted by Crippen LogP contribution is 2.60. The van der Waals surface area contributed by atoms with Gasteiger partial charge in [-0.3, -0.25) is 4.79 Å². The Labute approximate surface area is 112 Å². The molecule has 4 bridgehead atoms. The van der Waals surface area contributed by atoms with Crippen molar-refractivity contribution in [3.05, 3.63) is 17.5 Å². The van der Waals surface area contributed by atoms with Crippen LogP contribution in [0.25, 0.3) is 0 Å². The van der Waals surface area contributed by atoms with Crippen molar-refractivity contribution in [3.63, 3.8) is 0 Å². The number of carboxylic acids is 1. The van der Waals surface area contributed by atoms with E-state index in [-0.39, 0.29) is 11.8 Å². The molecule has 0 spiro atoms. The van der Waals surface area contributed by atoms with Crippen molar-refractivity contribution in [3.8, 4) is 0 Å². The number of carboxylic acid groups (broad SMARTS) is 1. The molecule has 1 aromatic heterocycles. The Morgan fingerprint density at radius 2 is 1.84 bits per heavy atom. The van der Waals surface area contributed by atoms with Crippen LogP contribution in [0.5, 0.6) is 0 Å². The van der Waals surface area contributed by atoms with Gasteiger partial charge in [0.05, 0.1) is 5.69 Å². The summed E-state index contributed by atoms with van der Waals surface area (Å²) in [5.41, 5.74) is 1.23. The van der Waals surface area contributed by atoms with Gasteiger partial charge in [-0.25, -0.2) is 0 Å². The molecule has 0 radical (unpaired) electrons. The summed E-state index contributed by atoms with van der Waals surface area (Å²) in [6.07, 6.45) is 7.85. The van der Waals surface area contributed by atoms with E-state index in [0.717, 1.165) is 23.4 Å². The Hall–Kier alpha value is -1.32. The lowest BCUT2D eigenvalue weighted by Crippen LogP contribution is -2.48. The molecule has 1 aromatic rings. The van der Waals surface area contributed by atoms with Gasteiger partial charge in [-0.1, -0.05) is 5.16 Å². The molecule has 1 N–H and O–H groups in total. The number of carbonyl (C=O) groups is 1. The Morgan fingerprint density at radius 3 is 2.37 bits per heavy atom. The molecule has 4 saturated carbocycles.